The van der Waals surface area contributed by atoms with Gasteiger partial charge in [0.15, 0.2) is 0 Å². The lowest BCUT2D eigenvalue weighted by atomic mass is 10.0. The van der Waals surface area contributed by atoms with Gasteiger partial charge in [0.05, 0.1) is 23.3 Å². The van der Waals surface area contributed by atoms with Gasteiger partial charge in [-0.2, -0.15) is 10.5 Å². The van der Waals surface area contributed by atoms with Crippen molar-refractivity contribution in [1.29, 1.82) is 10.5 Å². The van der Waals surface area contributed by atoms with Gasteiger partial charge in [-0.15, -0.1) is 0 Å². The molecule has 3 heteroatoms. The highest BCUT2D eigenvalue weighted by Crippen LogP contribution is 2.26. The normalized spacial score (nSPS) is 10.7. The van der Waals surface area contributed by atoms with Gasteiger partial charge in [-0.05, 0) is 30.7 Å². The summed E-state index contributed by atoms with van der Waals surface area (Å²) in [4.78, 5) is 0. The summed E-state index contributed by atoms with van der Waals surface area (Å²) >= 11 is 0. The molecule has 3 aromatic carbocycles. The summed E-state index contributed by atoms with van der Waals surface area (Å²) in [5.74, 6) is 0.671. The van der Waals surface area contributed by atoms with Crippen LogP contribution >= 0.6 is 0 Å². The molecule has 0 aliphatic rings. The third-order valence-corrected chi connectivity index (χ3v) is 4.22. The highest BCUT2D eigenvalue weighted by Gasteiger charge is 2.07. The summed E-state index contributed by atoms with van der Waals surface area (Å²) in [5, 5.41) is 18.8. The second-order valence-electron chi connectivity index (χ2n) is 6.13. The molecular weight excluding hydrogens is 332 g/mol. The van der Waals surface area contributed by atoms with Crippen molar-refractivity contribution in [3.05, 3.63) is 101 Å². The summed E-state index contributed by atoms with van der Waals surface area (Å²) in [6.45, 7) is 2.31. The first-order chi connectivity index (χ1) is 13.2. The van der Waals surface area contributed by atoms with E-state index < -0.39 is 0 Å². The second-order valence-corrected chi connectivity index (χ2v) is 6.13. The van der Waals surface area contributed by atoms with Crippen molar-refractivity contribution in [2.45, 2.75) is 13.5 Å². The Kier molecular flexibility index (Phi) is 5.67. The molecule has 0 bridgehead atoms. The molecule has 0 saturated heterocycles. The molecule has 0 saturated carbocycles. The maximum Gasteiger partial charge on any atom is 0.127 e. The van der Waals surface area contributed by atoms with Gasteiger partial charge in [-0.1, -0.05) is 66.2 Å². The minimum absolute atomic E-state index is 0.293. The van der Waals surface area contributed by atoms with E-state index in [1.165, 1.54) is 0 Å². The van der Waals surface area contributed by atoms with Gasteiger partial charge in [0.25, 0.3) is 0 Å². The Morgan fingerprint density at radius 1 is 0.926 bits per heavy atom. The number of aryl methyl sites for hydroxylation is 1. The van der Waals surface area contributed by atoms with Crippen molar-refractivity contribution >= 4 is 11.6 Å². The van der Waals surface area contributed by atoms with E-state index >= 15 is 0 Å². The Hall–Kier alpha value is -3.82. The first-order valence-corrected chi connectivity index (χ1v) is 8.60. The van der Waals surface area contributed by atoms with Gasteiger partial charge in [0.2, 0.25) is 0 Å². The van der Waals surface area contributed by atoms with Crippen molar-refractivity contribution in [3.63, 3.8) is 0 Å². The fourth-order valence-corrected chi connectivity index (χ4v) is 2.71. The van der Waals surface area contributed by atoms with Crippen LogP contribution in [0.1, 0.15) is 27.8 Å². The van der Waals surface area contributed by atoms with Crippen LogP contribution in [0, 0.1) is 29.6 Å². The monoisotopic (exact) mass is 350 g/mol. The number of hydrogen-bond acceptors (Lipinski definition) is 3. The standard InChI is InChI=1S/C24H18N2O/c1-18-10-12-19(13-11-18)23(16-26)14-20-6-4-5-9-24(20)27-17-22-8-3-2-7-21(22)15-25/h2-14H,17H2,1H3/b23-14-. The molecule has 0 aliphatic carbocycles. The van der Waals surface area contributed by atoms with Crippen LogP contribution in [0.2, 0.25) is 0 Å². The van der Waals surface area contributed by atoms with E-state index in [-0.39, 0.29) is 0 Å². The average molecular weight is 350 g/mol. The van der Waals surface area contributed by atoms with Gasteiger partial charge < -0.3 is 4.74 Å². The molecule has 27 heavy (non-hydrogen) atoms. The van der Waals surface area contributed by atoms with Crippen LogP contribution in [0.3, 0.4) is 0 Å². The Morgan fingerprint density at radius 3 is 2.37 bits per heavy atom. The lowest BCUT2D eigenvalue weighted by Crippen LogP contribution is -1.99. The van der Waals surface area contributed by atoms with E-state index in [9.17, 15) is 10.5 Å². The molecule has 3 rings (SSSR count). The van der Waals surface area contributed by atoms with E-state index in [0.29, 0.717) is 23.5 Å². The van der Waals surface area contributed by atoms with Crippen molar-refractivity contribution in [3.8, 4) is 17.9 Å². The summed E-state index contributed by atoms with van der Waals surface area (Å²) in [7, 11) is 0. The molecule has 3 nitrogen and oxygen atoms in total. The number of allylic oxidation sites excluding steroid dienone is 1. The molecule has 0 aliphatic heterocycles. The first-order valence-electron chi connectivity index (χ1n) is 8.60. The van der Waals surface area contributed by atoms with Crippen LogP contribution in [0.25, 0.3) is 11.6 Å². The van der Waals surface area contributed by atoms with Crippen LogP contribution in [-0.2, 0) is 6.61 Å². The zero-order valence-corrected chi connectivity index (χ0v) is 15.0. The molecule has 130 valence electrons. The van der Waals surface area contributed by atoms with Gasteiger partial charge >= 0.3 is 0 Å². The molecule has 0 spiro atoms. The van der Waals surface area contributed by atoms with Crippen LogP contribution in [0.4, 0.5) is 0 Å². The summed E-state index contributed by atoms with van der Waals surface area (Å²) in [5.41, 5.74) is 4.84. The van der Waals surface area contributed by atoms with E-state index in [2.05, 4.69) is 12.1 Å². The predicted octanol–water partition coefficient (Wildman–Crippen LogP) is 5.51. The molecule has 0 atom stereocenters. The molecule has 0 amide bonds. The molecule has 0 N–H and O–H groups in total. The molecule has 0 aromatic heterocycles. The lowest BCUT2D eigenvalue weighted by molar-refractivity contribution is 0.305. The number of nitriles is 2. The zero-order chi connectivity index (χ0) is 19.1. The first kappa shape index (κ1) is 18.0. The number of ether oxygens (including phenoxy) is 1. The molecule has 0 radical (unpaired) electrons. The summed E-state index contributed by atoms with van der Waals surface area (Å²) in [6.07, 6.45) is 1.83. The largest absolute Gasteiger partial charge is 0.488 e. The quantitative estimate of drug-likeness (QED) is 0.450. The average Bonchev–Trinajstić information content (AvgIpc) is 2.72. The number of para-hydroxylation sites is 1. The minimum atomic E-state index is 0.293. The molecule has 0 heterocycles. The van der Waals surface area contributed by atoms with Crippen LogP contribution in [-0.4, -0.2) is 0 Å². The topological polar surface area (TPSA) is 56.8 Å². The van der Waals surface area contributed by atoms with Crippen molar-refractivity contribution in [2.75, 3.05) is 0 Å². The van der Waals surface area contributed by atoms with Gasteiger partial charge in [-0.25, -0.2) is 0 Å². The van der Waals surface area contributed by atoms with Crippen molar-refractivity contribution in [2.24, 2.45) is 0 Å². The molecule has 0 unspecified atom stereocenters. The Balaban J connectivity index is 1.88. The zero-order valence-electron chi connectivity index (χ0n) is 15.0. The predicted molar refractivity (Wildman–Crippen MR) is 107 cm³/mol. The minimum Gasteiger partial charge on any atom is -0.488 e. The molecule has 3 aromatic rings. The van der Waals surface area contributed by atoms with E-state index in [4.69, 9.17) is 4.74 Å². The summed E-state index contributed by atoms with van der Waals surface area (Å²) < 4.78 is 5.96. The van der Waals surface area contributed by atoms with E-state index in [1.54, 1.807) is 6.07 Å². The fraction of sp³-hybridized carbons (Fsp3) is 0.0833. The van der Waals surface area contributed by atoms with E-state index in [1.807, 2.05) is 79.7 Å². The van der Waals surface area contributed by atoms with Crippen molar-refractivity contribution in [1.82, 2.24) is 0 Å². The van der Waals surface area contributed by atoms with Crippen molar-refractivity contribution < 1.29 is 4.74 Å². The summed E-state index contributed by atoms with van der Waals surface area (Å²) in [6, 6.07) is 27.3. The van der Waals surface area contributed by atoms with Gasteiger partial charge in [0.1, 0.15) is 12.4 Å². The Morgan fingerprint density at radius 2 is 1.63 bits per heavy atom. The lowest BCUT2D eigenvalue weighted by Gasteiger charge is -2.11. The third-order valence-electron chi connectivity index (χ3n) is 4.22. The number of nitrogens with zero attached hydrogens (tertiary/aromatic N) is 2. The SMILES string of the molecule is Cc1ccc(/C(C#N)=C\c2ccccc2OCc2ccccc2C#N)cc1. The van der Waals surface area contributed by atoms with E-state index in [0.717, 1.165) is 22.3 Å². The smallest absolute Gasteiger partial charge is 0.127 e. The maximum absolute atomic E-state index is 9.58. The van der Waals surface area contributed by atoms with Crippen LogP contribution in [0.5, 0.6) is 5.75 Å². The maximum atomic E-state index is 9.58. The Bertz CT molecular complexity index is 1050. The van der Waals surface area contributed by atoms with Crippen LogP contribution in [0.15, 0.2) is 72.8 Å². The number of rotatable bonds is 5. The highest BCUT2D eigenvalue weighted by atomic mass is 16.5. The number of hydrogen-bond donors (Lipinski definition) is 0. The molecular formula is C24H18N2O. The molecule has 0 fully saturated rings. The second kappa shape index (κ2) is 8.52. The third kappa shape index (κ3) is 4.42. The van der Waals surface area contributed by atoms with Gasteiger partial charge in [-0.3, -0.25) is 0 Å². The van der Waals surface area contributed by atoms with Gasteiger partial charge in [0, 0.05) is 11.1 Å². The highest BCUT2D eigenvalue weighted by molar-refractivity contribution is 5.90. The fourth-order valence-electron chi connectivity index (χ4n) is 2.71. The number of benzene rings is 3. The van der Waals surface area contributed by atoms with Crippen LogP contribution < -0.4 is 4.74 Å². The Labute approximate surface area is 159 Å².